The highest BCUT2D eigenvalue weighted by Gasteiger charge is 2.62. The van der Waals surface area contributed by atoms with Gasteiger partial charge in [-0.05, 0) is 60.3 Å². The Kier molecular flexibility index (Phi) is 4.05. The summed E-state index contributed by atoms with van der Waals surface area (Å²) in [5.74, 6) is 1.81. The molecule has 0 spiro atoms. The van der Waals surface area contributed by atoms with E-state index < -0.39 is 0 Å². The molecule has 3 atom stereocenters. The minimum absolute atomic E-state index is 0.405. The Bertz CT molecular complexity index is 748. The van der Waals surface area contributed by atoms with Crippen LogP contribution in [0.3, 0.4) is 0 Å². The Morgan fingerprint density at radius 2 is 2.04 bits per heavy atom. The van der Waals surface area contributed by atoms with Crippen molar-refractivity contribution in [3.63, 3.8) is 0 Å². The molecule has 3 unspecified atom stereocenters. The van der Waals surface area contributed by atoms with Crippen molar-refractivity contribution in [2.75, 3.05) is 31.0 Å². The van der Waals surface area contributed by atoms with Crippen molar-refractivity contribution in [2.45, 2.75) is 46.1 Å². The zero-order valence-corrected chi connectivity index (χ0v) is 16.8. The normalized spacial score (nSPS) is 31.9. The van der Waals surface area contributed by atoms with Crippen LogP contribution in [0.25, 0.3) is 0 Å². The van der Waals surface area contributed by atoms with Crippen LogP contribution >= 0.6 is 0 Å². The van der Waals surface area contributed by atoms with Crippen LogP contribution in [0.5, 0.6) is 0 Å². The Morgan fingerprint density at radius 3 is 2.62 bits per heavy atom. The van der Waals surface area contributed by atoms with E-state index in [4.69, 9.17) is 4.99 Å². The van der Waals surface area contributed by atoms with Crippen LogP contribution in [-0.4, -0.2) is 37.5 Å². The van der Waals surface area contributed by atoms with Crippen molar-refractivity contribution in [3.05, 3.63) is 36.5 Å². The minimum atomic E-state index is 0.405. The number of rotatable bonds is 3. The fraction of sp³-hybridized carbons (Fsp3) is 0.591. The number of aliphatic imine (C=N–C) groups is 1. The fourth-order valence-electron chi connectivity index (χ4n) is 5.38. The second-order valence-electron chi connectivity index (χ2n) is 9.21. The third kappa shape index (κ3) is 2.62. The second kappa shape index (κ2) is 6.04. The van der Waals surface area contributed by atoms with E-state index >= 15 is 0 Å². The maximum atomic E-state index is 4.82. The van der Waals surface area contributed by atoms with Crippen LogP contribution in [0, 0.1) is 16.7 Å². The summed E-state index contributed by atoms with van der Waals surface area (Å²) in [6.45, 7) is 8.22. The topological polar surface area (TPSA) is 30.9 Å². The molecule has 0 aromatic heterocycles. The van der Waals surface area contributed by atoms with Crippen LogP contribution in [0.4, 0.5) is 11.4 Å². The summed E-state index contributed by atoms with van der Waals surface area (Å²) >= 11 is 0. The fourth-order valence-corrected chi connectivity index (χ4v) is 5.38. The molecule has 0 saturated heterocycles. The molecule has 2 aliphatic carbocycles. The van der Waals surface area contributed by atoms with Gasteiger partial charge in [-0.25, -0.2) is 4.99 Å². The average molecular weight is 353 g/mol. The third-order valence-electron chi connectivity index (χ3n) is 7.61. The number of fused-ring (bicyclic) bond motifs is 2. The van der Waals surface area contributed by atoms with E-state index in [1.54, 1.807) is 0 Å². The van der Waals surface area contributed by atoms with Gasteiger partial charge >= 0.3 is 0 Å². The Balaban J connectivity index is 1.44. The molecule has 26 heavy (non-hydrogen) atoms. The number of hydrogen-bond acceptors (Lipinski definition) is 4. The van der Waals surface area contributed by atoms with Crippen LogP contribution in [0.2, 0.25) is 0 Å². The van der Waals surface area contributed by atoms with Crippen molar-refractivity contribution in [1.82, 2.24) is 4.90 Å². The molecule has 4 rings (SSSR count). The Labute approximate surface area is 158 Å². The molecular weight excluding hydrogens is 320 g/mol. The lowest BCUT2D eigenvalue weighted by Crippen LogP contribution is -2.46. The number of nitrogens with zero attached hydrogens (tertiary/aromatic N) is 3. The Hall–Kier alpha value is -1.97. The highest BCUT2D eigenvalue weighted by atomic mass is 15.3. The van der Waals surface area contributed by atoms with Crippen LogP contribution in [0.15, 0.2) is 41.5 Å². The first-order valence-electron chi connectivity index (χ1n) is 9.84. The lowest BCUT2D eigenvalue weighted by molar-refractivity contribution is 0.0701. The van der Waals surface area contributed by atoms with E-state index in [1.807, 2.05) is 0 Å². The number of anilines is 2. The van der Waals surface area contributed by atoms with Gasteiger partial charge in [0.05, 0.1) is 0 Å². The van der Waals surface area contributed by atoms with E-state index in [2.05, 4.69) is 86.5 Å². The lowest BCUT2D eigenvalue weighted by atomic mass is 9.69. The van der Waals surface area contributed by atoms with E-state index in [9.17, 15) is 0 Å². The van der Waals surface area contributed by atoms with Gasteiger partial charge in [0.15, 0.2) is 0 Å². The maximum Gasteiger partial charge on any atom is 0.128 e. The SMILES string of the molecule is CN(C)c1cccc(NC2=NCN(C3CC4CCC3(C)C4(C)C)C=C2)c1. The predicted molar refractivity (Wildman–Crippen MR) is 111 cm³/mol. The first-order valence-corrected chi connectivity index (χ1v) is 9.84. The standard InChI is InChI=1S/C22H32N4/c1-21(2)16-9-11-22(21,3)19(13-16)26-12-10-20(23-15-26)24-17-7-6-8-18(14-17)25(4)5/h6-8,10,12,14,16,19H,9,11,13,15H2,1-5H3,(H,23,24). The zero-order valence-electron chi connectivity index (χ0n) is 16.8. The molecular formula is C22H32N4. The van der Waals surface area contributed by atoms with E-state index in [0.29, 0.717) is 16.9 Å². The summed E-state index contributed by atoms with van der Waals surface area (Å²) in [7, 11) is 4.12. The van der Waals surface area contributed by atoms with Gasteiger partial charge in [-0.1, -0.05) is 26.8 Å². The first kappa shape index (κ1) is 17.4. The summed E-state index contributed by atoms with van der Waals surface area (Å²) in [5.41, 5.74) is 3.12. The van der Waals surface area contributed by atoms with Crippen molar-refractivity contribution in [3.8, 4) is 0 Å². The highest BCUT2D eigenvalue weighted by Crippen LogP contribution is 2.66. The Morgan fingerprint density at radius 1 is 1.23 bits per heavy atom. The van der Waals surface area contributed by atoms with Gasteiger partial charge in [0.2, 0.25) is 0 Å². The minimum Gasteiger partial charge on any atom is -0.378 e. The average Bonchev–Trinajstić information content (AvgIpc) is 2.96. The number of nitrogens with one attached hydrogen (secondary N) is 1. The van der Waals surface area contributed by atoms with Gasteiger partial charge in [-0.2, -0.15) is 0 Å². The smallest absolute Gasteiger partial charge is 0.128 e. The summed E-state index contributed by atoms with van der Waals surface area (Å²) in [6.07, 6.45) is 8.46. The third-order valence-corrected chi connectivity index (χ3v) is 7.61. The molecule has 1 aromatic rings. The van der Waals surface area contributed by atoms with Gasteiger partial charge in [-0.15, -0.1) is 0 Å². The van der Waals surface area contributed by atoms with Gasteiger partial charge in [0.1, 0.15) is 12.5 Å². The molecule has 0 amide bonds. The maximum absolute atomic E-state index is 4.82. The lowest BCUT2D eigenvalue weighted by Gasteiger charge is -2.44. The molecule has 4 heteroatoms. The van der Waals surface area contributed by atoms with E-state index in [1.165, 1.54) is 24.9 Å². The van der Waals surface area contributed by atoms with E-state index in [-0.39, 0.29) is 0 Å². The van der Waals surface area contributed by atoms with Gasteiger partial charge in [0.25, 0.3) is 0 Å². The molecule has 3 aliphatic rings. The monoisotopic (exact) mass is 352 g/mol. The van der Waals surface area contributed by atoms with Crippen LogP contribution in [-0.2, 0) is 0 Å². The molecule has 140 valence electrons. The van der Waals surface area contributed by atoms with Crippen LogP contribution in [0.1, 0.15) is 40.0 Å². The van der Waals surface area contributed by atoms with Crippen molar-refractivity contribution >= 4 is 17.2 Å². The number of hydrogen-bond donors (Lipinski definition) is 1. The van der Waals surface area contributed by atoms with Gasteiger partial charge < -0.3 is 15.1 Å². The van der Waals surface area contributed by atoms with Gasteiger partial charge in [0, 0.05) is 37.7 Å². The van der Waals surface area contributed by atoms with Gasteiger partial charge in [-0.3, -0.25) is 0 Å². The molecule has 1 aliphatic heterocycles. The number of amidine groups is 1. The molecule has 1 heterocycles. The molecule has 0 radical (unpaired) electrons. The molecule has 2 fully saturated rings. The van der Waals surface area contributed by atoms with Crippen molar-refractivity contribution < 1.29 is 0 Å². The highest BCUT2D eigenvalue weighted by molar-refractivity contribution is 6.04. The predicted octanol–water partition coefficient (Wildman–Crippen LogP) is 4.56. The van der Waals surface area contributed by atoms with E-state index in [0.717, 1.165) is 24.1 Å². The summed E-state index contributed by atoms with van der Waals surface area (Å²) in [5, 5.41) is 3.46. The number of benzene rings is 1. The first-order chi connectivity index (χ1) is 12.3. The largest absolute Gasteiger partial charge is 0.378 e. The van der Waals surface area contributed by atoms with Crippen LogP contribution < -0.4 is 10.2 Å². The zero-order chi connectivity index (χ0) is 18.5. The second-order valence-corrected chi connectivity index (χ2v) is 9.21. The molecule has 1 N–H and O–H groups in total. The summed E-state index contributed by atoms with van der Waals surface area (Å²) < 4.78 is 0. The molecule has 4 nitrogen and oxygen atoms in total. The molecule has 2 saturated carbocycles. The summed E-state index contributed by atoms with van der Waals surface area (Å²) in [6, 6.07) is 9.06. The van der Waals surface area contributed by atoms with Crippen molar-refractivity contribution in [1.29, 1.82) is 0 Å². The quantitative estimate of drug-likeness (QED) is 0.865. The molecule has 2 bridgehead atoms. The van der Waals surface area contributed by atoms with Crippen molar-refractivity contribution in [2.24, 2.45) is 21.7 Å². The molecule has 1 aromatic carbocycles. The summed E-state index contributed by atoms with van der Waals surface area (Å²) in [4.78, 5) is 9.41.